The van der Waals surface area contributed by atoms with E-state index in [1.165, 1.54) is 28.9 Å². The summed E-state index contributed by atoms with van der Waals surface area (Å²) in [7, 11) is -3.71. The lowest BCUT2D eigenvalue weighted by atomic mass is 9.96. The molecule has 0 aliphatic carbocycles. The van der Waals surface area contributed by atoms with Crippen LogP contribution in [0.2, 0.25) is 0 Å². The zero-order valence-electron chi connectivity index (χ0n) is 20.8. The van der Waals surface area contributed by atoms with E-state index >= 15 is 0 Å². The van der Waals surface area contributed by atoms with Gasteiger partial charge in [-0.25, -0.2) is 8.42 Å². The third-order valence-corrected chi connectivity index (χ3v) is 9.06. The van der Waals surface area contributed by atoms with E-state index in [1.807, 2.05) is 43.3 Å². The maximum Gasteiger partial charge on any atom is 0.318 e. The highest BCUT2D eigenvalue weighted by atomic mass is 32.2. The maximum atomic E-state index is 13.4. The molecule has 7 heteroatoms. The quantitative estimate of drug-likeness (QED) is 0.316. The van der Waals surface area contributed by atoms with Crippen molar-refractivity contribution in [1.29, 1.82) is 0 Å². The Balaban J connectivity index is 1.31. The standard InChI is InChI=1S/C29H32N2O4S/c1-3-26(22-10-12-24(13-11-22)30-17-6-7-18-30)29(32)35-28-15-14-25(20-21(28)2)36(33,34)31-19-16-23-8-4-5-9-27(23)31/h4-5,8-15,20,26H,3,6-7,16-19H2,1-2H3. The molecule has 2 heterocycles. The number of benzene rings is 3. The summed E-state index contributed by atoms with van der Waals surface area (Å²) in [5, 5.41) is 0. The van der Waals surface area contributed by atoms with E-state index in [4.69, 9.17) is 4.74 Å². The SMILES string of the molecule is CCC(C(=O)Oc1ccc(S(=O)(=O)N2CCc3ccccc32)cc1C)c1ccc(N2CCCC2)cc1. The number of hydrogen-bond acceptors (Lipinski definition) is 5. The van der Waals surface area contributed by atoms with Gasteiger partial charge in [0.05, 0.1) is 16.5 Å². The molecule has 6 nitrogen and oxygen atoms in total. The molecule has 5 rings (SSSR count). The Morgan fingerprint density at radius 1 is 0.972 bits per heavy atom. The second kappa shape index (κ2) is 9.97. The predicted octanol–water partition coefficient (Wildman–Crippen LogP) is 5.45. The molecule has 1 fully saturated rings. The number of carbonyl (C=O) groups is 1. The van der Waals surface area contributed by atoms with E-state index in [2.05, 4.69) is 17.0 Å². The first-order valence-electron chi connectivity index (χ1n) is 12.7. The minimum atomic E-state index is -3.71. The molecule has 0 spiro atoms. The number of ether oxygens (including phenoxy) is 1. The summed E-state index contributed by atoms with van der Waals surface area (Å²) in [6.45, 7) is 6.32. The molecule has 1 saturated heterocycles. The van der Waals surface area contributed by atoms with Crippen LogP contribution in [0.5, 0.6) is 5.75 Å². The lowest BCUT2D eigenvalue weighted by molar-refractivity contribution is -0.136. The lowest BCUT2D eigenvalue weighted by Gasteiger charge is -2.21. The van der Waals surface area contributed by atoms with Crippen molar-refractivity contribution in [2.45, 2.75) is 50.3 Å². The predicted molar refractivity (Wildman–Crippen MR) is 142 cm³/mol. The van der Waals surface area contributed by atoms with Crippen molar-refractivity contribution in [2.24, 2.45) is 0 Å². The Morgan fingerprint density at radius 3 is 2.39 bits per heavy atom. The molecular weight excluding hydrogens is 472 g/mol. The summed E-state index contributed by atoms with van der Waals surface area (Å²) in [4.78, 5) is 15.7. The van der Waals surface area contributed by atoms with Gasteiger partial charge in [-0.15, -0.1) is 0 Å². The number of aryl methyl sites for hydroxylation is 1. The highest BCUT2D eigenvalue weighted by Crippen LogP contribution is 2.34. The first-order valence-corrected chi connectivity index (χ1v) is 14.1. The Morgan fingerprint density at radius 2 is 1.69 bits per heavy atom. The van der Waals surface area contributed by atoms with Gasteiger partial charge in [0.15, 0.2) is 0 Å². The van der Waals surface area contributed by atoms with Crippen LogP contribution in [0, 0.1) is 6.92 Å². The van der Waals surface area contributed by atoms with Crippen molar-refractivity contribution in [3.8, 4) is 5.75 Å². The molecule has 2 aliphatic heterocycles. The number of esters is 1. The molecule has 0 N–H and O–H groups in total. The number of sulfonamides is 1. The van der Waals surface area contributed by atoms with Crippen LogP contribution in [-0.4, -0.2) is 34.0 Å². The average Bonchev–Trinajstić information content (AvgIpc) is 3.57. The summed E-state index contributed by atoms with van der Waals surface area (Å²) in [6, 6.07) is 20.5. The molecular formula is C29H32N2O4S. The summed E-state index contributed by atoms with van der Waals surface area (Å²) < 4.78 is 34.0. The maximum absolute atomic E-state index is 13.4. The van der Waals surface area contributed by atoms with Crippen LogP contribution in [-0.2, 0) is 21.2 Å². The Bertz CT molecular complexity index is 1360. The van der Waals surface area contributed by atoms with Crippen LogP contribution in [0.3, 0.4) is 0 Å². The Hall–Kier alpha value is -3.32. The summed E-state index contributed by atoms with van der Waals surface area (Å²) in [5.41, 5.74) is 4.48. The van der Waals surface area contributed by atoms with Gasteiger partial charge in [-0.05, 0) is 85.7 Å². The van der Waals surface area contributed by atoms with Crippen molar-refractivity contribution >= 4 is 27.4 Å². The van der Waals surface area contributed by atoms with Crippen molar-refractivity contribution in [2.75, 3.05) is 28.8 Å². The highest BCUT2D eigenvalue weighted by Gasteiger charge is 2.31. The van der Waals surface area contributed by atoms with Gasteiger partial charge in [0.2, 0.25) is 0 Å². The third-order valence-electron chi connectivity index (χ3n) is 7.25. The molecule has 0 aromatic heterocycles. The van der Waals surface area contributed by atoms with Gasteiger partial charge in [-0.2, -0.15) is 0 Å². The molecule has 0 bridgehead atoms. The third kappa shape index (κ3) is 4.60. The van der Waals surface area contributed by atoms with E-state index in [1.54, 1.807) is 19.1 Å². The summed E-state index contributed by atoms with van der Waals surface area (Å²) >= 11 is 0. The van der Waals surface area contributed by atoms with E-state index in [-0.39, 0.29) is 16.8 Å². The minimum absolute atomic E-state index is 0.195. The zero-order chi connectivity index (χ0) is 25.3. The number of nitrogens with zero attached hydrogens (tertiary/aromatic N) is 2. The van der Waals surface area contributed by atoms with Crippen LogP contribution >= 0.6 is 0 Å². The van der Waals surface area contributed by atoms with Gasteiger partial charge >= 0.3 is 5.97 Å². The fraction of sp³-hybridized carbons (Fsp3) is 0.345. The lowest BCUT2D eigenvalue weighted by Crippen LogP contribution is -2.29. The molecule has 0 saturated carbocycles. The molecule has 0 amide bonds. The number of para-hydroxylation sites is 1. The number of anilines is 2. The van der Waals surface area contributed by atoms with Gasteiger partial charge < -0.3 is 9.64 Å². The summed E-state index contributed by atoms with van der Waals surface area (Å²) in [5.74, 6) is -0.340. The fourth-order valence-electron chi connectivity index (χ4n) is 5.19. The molecule has 2 aliphatic rings. The van der Waals surface area contributed by atoms with Crippen molar-refractivity contribution in [1.82, 2.24) is 0 Å². The molecule has 36 heavy (non-hydrogen) atoms. The number of carbonyl (C=O) groups excluding carboxylic acids is 1. The van der Waals surface area contributed by atoms with Crippen LogP contribution in [0.25, 0.3) is 0 Å². The molecule has 3 aromatic carbocycles. The normalized spacial score (nSPS) is 16.2. The van der Waals surface area contributed by atoms with Gasteiger partial charge in [0, 0.05) is 25.3 Å². The number of rotatable bonds is 7. The van der Waals surface area contributed by atoms with Gasteiger partial charge in [0.25, 0.3) is 10.0 Å². The van der Waals surface area contributed by atoms with Crippen molar-refractivity contribution < 1.29 is 17.9 Å². The van der Waals surface area contributed by atoms with Crippen molar-refractivity contribution in [3.63, 3.8) is 0 Å². The van der Waals surface area contributed by atoms with E-state index in [9.17, 15) is 13.2 Å². The largest absolute Gasteiger partial charge is 0.426 e. The summed E-state index contributed by atoms with van der Waals surface area (Å²) in [6.07, 6.45) is 3.75. The van der Waals surface area contributed by atoms with Crippen LogP contribution in [0.15, 0.2) is 71.6 Å². The van der Waals surface area contributed by atoms with Crippen LogP contribution < -0.4 is 13.9 Å². The highest BCUT2D eigenvalue weighted by molar-refractivity contribution is 7.92. The second-order valence-corrected chi connectivity index (χ2v) is 11.4. The van der Waals surface area contributed by atoms with Gasteiger partial charge in [0.1, 0.15) is 5.75 Å². The van der Waals surface area contributed by atoms with Crippen LogP contribution in [0.4, 0.5) is 11.4 Å². The Kier molecular flexibility index (Phi) is 6.75. The second-order valence-electron chi connectivity index (χ2n) is 9.55. The smallest absolute Gasteiger partial charge is 0.318 e. The molecule has 0 radical (unpaired) electrons. The Labute approximate surface area is 213 Å². The van der Waals surface area contributed by atoms with E-state index in [0.717, 1.165) is 29.9 Å². The molecule has 188 valence electrons. The first kappa shape index (κ1) is 24.4. The minimum Gasteiger partial charge on any atom is -0.426 e. The van der Waals surface area contributed by atoms with E-state index in [0.29, 0.717) is 30.7 Å². The monoisotopic (exact) mass is 504 g/mol. The molecule has 3 aromatic rings. The zero-order valence-corrected chi connectivity index (χ0v) is 21.6. The number of fused-ring (bicyclic) bond motifs is 1. The number of hydrogen-bond donors (Lipinski definition) is 0. The van der Waals surface area contributed by atoms with E-state index < -0.39 is 10.0 Å². The first-order chi connectivity index (χ1) is 17.4. The molecule has 1 unspecified atom stereocenters. The van der Waals surface area contributed by atoms with Gasteiger partial charge in [-0.1, -0.05) is 37.3 Å². The van der Waals surface area contributed by atoms with Gasteiger partial charge in [-0.3, -0.25) is 9.10 Å². The fourth-order valence-corrected chi connectivity index (χ4v) is 6.78. The topological polar surface area (TPSA) is 66.9 Å². The van der Waals surface area contributed by atoms with Crippen molar-refractivity contribution in [3.05, 3.63) is 83.4 Å². The van der Waals surface area contributed by atoms with Crippen LogP contribution in [0.1, 0.15) is 48.8 Å². The average molecular weight is 505 g/mol. The molecule has 1 atom stereocenters.